The van der Waals surface area contributed by atoms with Crippen LogP contribution in [0.3, 0.4) is 0 Å². The molecule has 66 valence electrons. The molecule has 1 amide bonds. The van der Waals surface area contributed by atoms with Gasteiger partial charge in [-0.05, 0) is 0 Å². The van der Waals surface area contributed by atoms with Crippen LogP contribution in [0.4, 0.5) is 4.79 Å². The number of carboxylic acid groups (broad SMARTS) is 1. The summed E-state index contributed by atoms with van der Waals surface area (Å²) in [5.74, 6) is -0.129. The number of sulfone groups is 1. The van der Waals surface area contributed by atoms with Crippen molar-refractivity contribution in [2.75, 3.05) is 25.6 Å². The molecule has 0 radical (unpaired) electrons. The molecular weight excluding hydrogens is 170 g/mol. The fourth-order valence-corrected chi connectivity index (χ4v) is 1.00. The lowest BCUT2D eigenvalue weighted by Crippen LogP contribution is -2.29. The number of hydrogen-bond acceptors (Lipinski definition) is 3. The normalized spacial score (nSPS) is 11.1. The fraction of sp³-hybridized carbons (Fsp3) is 0.800. The Morgan fingerprint density at radius 2 is 2.00 bits per heavy atom. The summed E-state index contributed by atoms with van der Waals surface area (Å²) in [6.07, 6.45) is -0.0449. The largest absolute Gasteiger partial charge is 0.465 e. The molecule has 0 aromatic rings. The minimum atomic E-state index is -3.06. The molecule has 0 aliphatic carbocycles. The molecule has 0 atom stereocenters. The van der Waals surface area contributed by atoms with Gasteiger partial charge in [0.25, 0.3) is 0 Å². The molecule has 11 heavy (non-hydrogen) atoms. The second-order valence-electron chi connectivity index (χ2n) is 2.33. The van der Waals surface area contributed by atoms with Crippen molar-refractivity contribution in [3.63, 3.8) is 0 Å². The Bertz CT molecular complexity index is 233. The molecule has 0 saturated carbocycles. The molecule has 0 aliphatic rings. The lowest BCUT2D eigenvalue weighted by atomic mass is 10.7. The Kier molecular flexibility index (Phi) is 3.31. The van der Waals surface area contributed by atoms with Gasteiger partial charge in [0.2, 0.25) is 0 Å². The molecule has 6 heteroatoms. The van der Waals surface area contributed by atoms with Gasteiger partial charge in [0.1, 0.15) is 9.84 Å². The lowest BCUT2D eigenvalue weighted by molar-refractivity contribution is 0.158. The predicted octanol–water partition coefficient (Wildman–Crippen LogP) is -0.359. The highest BCUT2D eigenvalue weighted by Crippen LogP contribution is 1.87. The zero-order valence-electron chi connectivity index (χ0n) is 6.44. The molecule has 0 fully saturated rings. The van der Waals surface area contributed by atoms with Crippen LogP contribution in [0.2, 0.25) is 0 Å². The molecule has 0 aromatic heterocycles. The van der Waals surface area contributed by atoms with Crippen LogP contribution in [0.25, 0.3) is 0 Å². The topological polar surface area (TPSA) is 74.7 Å². The van der Waals surface area contributed by atoms with Crippen LogP contribution in [0.15, 0.2) is 0 Å². The maximum absolute atomic E-state index is 10.5. The summed E-state index contributed by atoms with van der Waals surface area (Å²) < 4.78 is 21.1. The predicted molar refractivity (Wildman–Crippen MR) is 40.4 cm³/mol. The summed E-state index contributed by atoms with van der Waals surface area (Å²) in [4.78, 5) is 11.1. The van der Waals surface area contributed by atoms with Crippen molar-refractivity contribution >= 4 is 15.9 Å². The smallest absolute Gasteiger partial charge is 0.407 e. The van der Waals surface area contributed by atoms with Gasteiger partial charge in [-0.15, -0.1) is 0 Å². The molecule has 1 N–H and O–H groups in total. The van der Waals surface area contributed by atoms with E-state index < -0.39 is 15.9 Å². The average Bonchev–Trinajstić information content (AvgIpc) is 1.80. The van der Waals surface area contributed by atoms with Crippen molar-refractivity contribution in [2.24, 2.45) is 0 Å². The SMILES string of the molecule is CN(CCS(C)(=O)=O)C(=O)O. The Morgan fingerprint density at radius 1 is 1.55 bits per heavy atom. The van der Waals surface area contributed by atoms with Gasteiger partial charge in [0, 0.05) is 19.8 Å². The van der Waals surface area contributed by atoms with Gasteiger partial charge in [-0.1, -0.05) is 0 Å². The highest BCUT2D eigenvalue weighted by Gasteiger charge is 2.08. The quantitative estimate of drug-likeness (QED) is 0.645. The van der Waals surface area contributed by atoms with Crippen LogP contribution in [0, 0.1) is 0 Å². The van der Waals surface area contributed by atoms with Crippen LogP contribution < -0.4 is 0 Å². The van der Waals surface area contributed by atoms with Gasteiger partial charge in [-0.25, -0.2) is 13.2 Å². The van der Waals surface area contributed by atoms with Crippen LogP contribution in [-0.4, -0.2) is 50.1 Å². The molecule has 0 aromatic carbocycles. The molecular formula is C5H11NO4S. The summed E-state index contributed by atoms with van der Waals surface area (Å²) in [7, 11) is -1.73. The molecule has 0 aliphatic heterocycles. The number of nitrogens with zero attached hydrogens (tertiary/aromatic N) is 1. The van der Waals surface area contributed by atoms with Gasteiger partial charge in [0.15, 0.2) is 0 Å². The Hall–Kier alpha value is -0.780. The maximum atomic E-state index is 10.5. The third-order valence-corrected chi connectivity index (χ3v) is 2.05. The second kappa shape index (κ2) is 3.56. The number of rotatable bonds is 3. The molecule has 0 bridgehead atoms. The Balaban J connectivity index is 3.82. The third-order valence-electron chi connectivity index (χ3n) is 1.12. The summed E-state index contributed by atoms with van der Waals surface area (Å²) in [5.41, 5.74) is 0. The van der Waals surface area contributed by atoms with E-state index in [4.69, 9.17) is 5.11 Å². The molecule has 0 spiro atoms. The van der Waals surface area contributed by atoms with E-state index in [0.29, 0.717) is 0 Å². The first-order valence-electron chi connectivity index (χ1n) is 2.95. The summed E-state index contributed by atoms with van der Waals surface area (Å²) in [6, 6.07) is 0. The second-order valence-corrected chi connectivity index (χ2v) is 4.59. The first-order valence-corrected chi connectivity index (χ1v) is 5.01. The van der Waals surface area contributed by atoms with E-state index in [9.17, 15) is 13.2 Å². The molecule has 0 unspecified atom stereocenters. The van der Waals surface area contributed by atoms with Gasteiger partial charge >= 0.3 is 6.09 Å². The number of carbonyl (C=O) groups is 1. The van der Waals surface area contributed by atoms with E-state index in [-0.39, 0.29) is 12.3 Å². The van der Waals surface area contributed by atoms with Crippen LogP contribution in [0.5, 0.6) is 0 Å². The van der Waals surface area contributed by atoms with Crippen molar-refractivity contribution in [3.8, 4) is 0 Å². The Labute approximate surface area is 65.5 Å². The standard InChI is InChI=1S/C5H11NO4S/c1-6(5(7)8)3-4-11(2,9)10/h3-4H2,1-2H3,(H,7,8). The van der Waals surface area contributed by atoms with Gasteiger partial charge < -0.3 is 10.0 Å². The number of amides is 1. The lowest BCUT2D eigenvalue weighted by Gasteiger charge is -2.10. The molecule has 0 rings (SSSR count). The van der Waals surface area contributed by atoms with Gasteiger partial charge in [-0.2, -0.15) is 0 Å². The highest BCUT2D eigenvalue weighted by atomic mass is 32.2. The van der Waals surface area contributed by atoms with E-state index in [1.54, 1.807) is 0 Å². The maximum Gasteiger partial charge on any atom is 0.407 e. The summed E-state index contributed by atoms with van der Waals surface area (Å²) >= 11 is 0. The van der Waals surface area contributed by atoms with Crippen molar-refractivity contribution in [3.05, 3.63) is 0 Å². The first-order chi connectivity index (χ1) is 4.83. The fourth-order valence-electron chi connectivity index (χ4n) is 0.398. The highest BCUT2D eigenvalue weighted by molar-refractivity contribution is 7.90. The van der Waals surface area contributed by atoms with Crippen molar-refractivity contribution in [2.45, 2.75) is 0 Å². The van der Waals surface area contributed by atoms with Gasteiger partial charge in [0.05, 0.1) is 5.75 Å². The minimum absolute atomic E-state index is 0.0220. The van der Waals surface area contributed by atoms with Gasteiger partial charge in [-0.3, -0.25) is 0 Å². The monoisotopic (exact) mass is 181 g/mol. The zero-order valence-corrected chi connectivity index (χ0v) is 7.26. The van der Waals surface area contributed by atoms with E-state index in [1.807, 2.05) is 0 Å². The van der Waals surface area contributed by atoms with E-state index in [0.717, 1.165) is 11.2 Å². The van der Waals surface area contributed by atoms with Crippen LogP contribution in [-0.2, 0) is 9.84 Å². The average molecular weight is 181 g/mol. The zero-order chi connectivity index (χ0) is 9.07. The third kappa shape index (κ3) is 5.65. The van der Waals surface area contributed by atoms with Crippen LogP contribution in [0.1, 0.15) is 0 Å². The van der Waals surface area contributed by atoms with E-state index in [1.165, 1.54) is 7.05 Å². The summed E-state index contributed by atoms with van der Waals surface area (Å²) in [6.45, 7) is 0.0220. The molecule has 0 heterocycles. The van der Waals surface area contributed by atoms with Crippen molar-refractivity contribution in [1.82, 2.24) is 4.90 Å². The van der Waals surface area contributed by atoms with E-state index in [2.05, 4.69) is 0 Å². The van der Waals surface area contributed by atoms with E-state index >= 15 is 0 Å². The number of hydrogen-bond donors (Lipinski definition) is 1. The molecule has 5 nitrogen and oxygen atoms in total. The Morgan fingerprint density at radius 3 is 2.27 bits per heavy atom. The minimum Gasteiger partial charge on any atom is -0.465 e. The molecule has 0 saturated heterocycles. The van der Waals surface area contributed by atoms with Crippen LogP contribution >= 0.6 is 0 Å². The van der Waals surface area contributed by atoms with Crippen molar-refractivity contribution < 1.29 is 18.3 Å². The summed E-state index contributed by atoms with van der Waals surface area (Å²) in [5, 5.41) is 8.31. The van der Waals surface area contributed by atoms with Crippen molar-refractivity contribution in [1.29, 1.82) is 0 Å². The first kappa shape index (κ1) is 10.2.